The molecule has 0 radical (unpaired) electrons. The van der Waals surface area contributed by atoms with Crippen LogP contribution in [0.1, 0.15) is 30.0 Å². The minimum absolute atomic E-state index is 0.196. The van der Waals surface area contributed by atoms with Crippen LogP contribution in [0.3, 0.4) is 0 Å². The highest BCUT2D eigenvalue weighted by atomic mass is 16.5. The zero-order chi connectivity index (χ0) is 23.4. The SMILES string of the molecule is CC[C@@H](Oc1ccccc1-c1nnc(-c2ccccc2)o1)C(=O)Nc1c(C)cc(C)cc1C. The number of para-hydroxylation sites is 1. The van der Waals surface area contributed by atoms with Gasteiger partial charge in [0.2, 0.25) is 5.89 Å². The van der Waals surface area contributed by atoms with Gasteiger partial charge in [-0.15, -0.1) is 10.2 Å². The number of rotatable bonds is 7. The van der Waals surface area contributed by atoms with Crippen molar-refractivity contribution in [3.8, 4) is 28.7 Å². The van der Waals surface area contributed by atoms with Crippen LogP contribution in [0.25, 0.3) is 22.9 Å². The van der Waals surface area contributed by atoms with Gasteiger partial charge < -0.3 is 14.5 Å². The molecule has 6 heteroatoms. The van der Waals surface area contributed by atoms with Crippen LogP contribution >= 0.6 is 0 Å². The second-order valence-corrected chi connectivity index (χ2v) is 8.05. The highest BCUT2D eigenvalue weighted by molar-refractivity contribution is 5.95. The first-order chi connectivity index (χ1) is 16.0. The Hall–Kier alpha value is -3.93. The molecule has 1 atom stereocenters. The molecule has 168 valence electrons. The predicted molar refractivity (Wildman–Crippen MR) is 129 cm³/mol. The number of hydrogen-bond donors (Lipinski definition) is 1. The fourth-order valence-corrected chi connectivity index (χ4v) is 3.83. The lowest BCUT2D eigenvalue weighted by atomic mass is 10.0. The molecular formula is C27H27N3O3. The van der Waals surface area contributed by atoms with E-state index < -0.39 is 6.10 Å². The Morgan fingerprint density at radius 2 is 1.58 bits per heavy atom. The zero-order valence-corrected chi connectivity index (χ0v) is 19.3. The number of amides is 1. The fourth-order valence-electron chi connectivity index (χ4n) is 3.83. The Morgan fingerprint density at radius 1 is 0.939 bits per heavy atom. The van der Waals surface area contributed by atoms with Crippen LogP contribution in [0.2, 0.25) is 0 Å². The molecule has 0 bridgehead atoms. The largest absolute Gasteiger partial charge is 0.480 e. The monoisotopic (exact) mass is 441 g/mol. The van der Waals surface area contributed by atoms with E-state index in [0.29, 0.717) is 29.5 Å². The molecule has 0 aliphatic heterocycles. The van der Waals surface area contributed by atoms with Gasteiger partial charge in [0.25, 0.3) is 11.8 Å². The van der Waals surface area contributed by atoms with E-state index in [1.807, 2.05) is 76.2 Å². The molecule has 0 unspecified atom stereocenters. The number of aryl methyl sites for hydroxylation is 3. The van der Waals surface area contributed by atoms with Gasteiger partial charge in [0.15, 0.2) is 6.10 Å². The van der Waals surface area contributed by atoms with Crippen molar-refractivity contribution in [3.05, 3.63) is 83.4 Å². The molecule has 0 saturated carbocycles. The van der Waals surface area contributed by atoms with Gasteiger partial charge in [-0.1, -0.05) is 55.0 Å². The average molecular weight is 442 g/mol. The van der Waals surface area contributed by atoms with Crippen molar-refractivity contribution < 1.29 is 13.9 Å². The van der Waals surface area contributed by atoms with Crippen molar-refractivity contribution in [2.24, 2.45) is 0 Å². The molecule has 33 heavy (non-hydrogen) atoms. The number of hydrogen-bond acceptors (Lipinski definition) is 5. The van der Waals surface area contributed by atoms with Gasteiger partial charge in [0.05, 0.1) is 5.56 Å². The van der Waals surface area contributed by atoms with Crippen molar-refractivity contribution in [1.29, 1.82) is 0 Å². The van der Waals surface area contributed by atoms with E-state index in [9.17, 15) is 4.79 Å². The predicted octanol–water partition coefficient (Wildman–Crippen LogP) is 6.12. The van der Waals surface area contributed by atoms with Crippen LogP contribution in [0, 0.1) is 20.8 Å². The Kier molecular flexibility index (Phi) is 6.54. The first-order valence-corrected chi connectivity index (χ1v) is 11.0. The van der Waals surface area contributed by atoms with E-state index in [1.54, 1.807) is 6.07 Å². The molecule has 1 heterocycles. The maximum absolute atomic E-state index is 13.1. The number of nitrogens with one attached hydrogen (secondary N) is 1. The number of anilines is 1. The normalized spacial score (nSPS) is 11.8. The summed E-state index contributed by atoms with van der Waals surface area (Å²) in [6, 6.07) is 21.1. The second-order valence-electron chi connectivity index (χ2n) is 8.05. The Labute approximate surface area is 193 Å². The molecule has 0 aliphatic rings. The van der Waals surface area contributed by atoms with Crippen LogP contribution in [0.5, 0.6) is 5.75 Å². The molecule has 4 aromatic rings. The quantitative estimate of drug-likeness (QED) is 0.374. The molecule has 0 saturated heterocycles. The summed E-state index contributed by atoms with van der Waals surface area (Å²) in [7, 11) is 0. The smallest absolute Gasteiger partial charge is 0.265 e. The minimum Gasteiger partial charge on any atom is -0.480 e. The summed E-state index contributed by atoms with van der Waals surface area (Å²) in [6.07, 6.45) is -0.175. The third kappa shape index (κ3) is 4.95. The lowest BCUT2D eigenvalue weighted by Crippen LogP contribution is -2.33. The number of carbonyl (C=O) groups excluding carboxylic acids is 1. The third-order valence-electron chi connectivity index (χ3n) is 5.42. The molecule has 4 rings (SSSR count). The van der Waals surface area contributed by atoms with Gasteiger partial charge in [-0.3, -0.25) is 4.79 Å². The Balaban J connectivity index is 1.57. The molecule has 6 nitrogen and oxygen atoms in total. The first-order valence-electron chi connectivity index (χ1n) is 11.0. The number of benzene rings is 3. The summed E-state index contributed by atoms with van der Waals surface area (Å²) in [5, 5.41) is 11.4. The average Bonchev–Trinajstić information content (AvgIpc) is 3.30. The summed E-state index contributed by atoms with van der Waals surface area (Å²) in [5.74, 6) is 1.08. The standard InChI is InChI=1S/C27H27N3O3/c1-5-22(25(31)28-24-18(3)15-17(2)16-19(24)4)32-23-14-10-9-13-21(23)27-30-29-26(33-27)20-11-7-6-8-12-20/h6-16,22H,5H2,1-4H3,(H,28,31)/t22-/m1/s1. The summed E-state index contributed by atoms with van der Waals surface area (Å²) in [4.78, 5) is 13.1. The van der Waals surface area contributed by atoms with E-state index in [4.69, 9.17) is 9.15 Å². The van der Waals surface area contributed by atoms with Crippen LogP contribution in [-0.2, 0) is 4.79 Å². The molecule has 0 aliphatic carbocycles. The van der Waals surface area contributed by atoms with E-state index in [-0.39, 0.29) is 5.91 Å². The lowest BCUT2D eigenvalue weighted by Gasteiger charge is -2.20. The molecule has 1 aromatic heterocycles. The van der Waals surface area contributed by atoms with E-state index in [0.717, 1.165) is 27.9 Å². The summed E-state index contributed by atoms with van der Waals surface area (Å²) in [6.45, 7) is 7.95. The second kappa shape index (κ2) is 9.69. The van der Waals surface area contributed by atoms with Crippen LogP contribution in [0.4, 0.5) is 5.69 Å². The highest BCUT2D eigenvalue weighted by Gasteiger charge is 2.23. The molecular weight excluding hydrogens is 414 g/mol. The van der Waals surface area contributed by atoms with E-state index >= 15 is 0 Å². The van der Waals surface area contributed by atoms with Gasteiger partial charge in [-0.05, 0) is 62.6 Å². The van der Waals surface area contributed by atoms with Gasteiger partial charge in [0.1, 0.15) is 5.75 Å². The summed E-state index contributed by atoms with van der Waals surface area (Å²) >= 11 is 0. The maximum Gasteiger partial charge on any atom is 0.265 e. The first kappa shape index (κ1) is 22.3. The van der Waals surface area contributed by atoms with Crippen molar-refractivity contribution >= 4 is 11.6 Å². The molecule has 3 aromatic carbocycles. The summed E-state index contributed by atoms with van der Waals surface area (Å²) in [5.41, 5.74) is 5.51. The van der Waals surface area contributed by atoms with Crippen molar-refractivity contribution in [1.82, 2.24) is 10.2 Å². The summed E-state index contributed by atoms with van der Waals surface area (Å²) < 4.78 is 12.1. The van der Waals surface area contributed by atoms with Crippen LogP contribution < -0.4 is 10.1 Å². The number of ether oxygens (including phenoxy) is 1. The fraction of sp³-hybridized carbons (Fsp3) is 0.222. The number of carbonyl (C=O) groups is 1. The molecule has 0 spiro atoms. The van der Waals surface area contributed by atoms with Crippen molar-refractivity contribution in [3.63, 3.8) is 0 Å². The van der Waals surface area contributed by atoms with Crippen LogP contribution in [0.15, 0.2) is 71.1 Å². The molecule has 1 N–H and O–H groups in total. The van der Waals surface area contributed by atoms with Crippen LogP contribution in [-0.4, -0.2) is 22.2 Å². The third-order valence-corrected chi connectivity index (χ3v) is 5.42. The minimum atomic E-state index is -0.678. The van der Waals surface area contributed by atoms with Gasteiger partial charge >= 0.3 is 0 Å². The highest BCUT2D eigenvalue weighted by Crippen LogP contribution is 2.32. The lowest BCUT2D eigenvalue weighted by molar-refractivity contribution is -0.122. The van der Waals surface area contributed by atoms with E-state index in [2.05, 4.69) is 27.6 Å². The van der Waals surface area contributed by atoms with Crippen molar-refractivity contribution in [2.45, 2.75) is 40.2 Å². The maximum atomic E-state index is 13.1. The molecule has 0 fully saturated rings. The van der Waals surface area contributed by atoms with Gasteiger partial charge in [-0.25, -0.2) is 0 Å². The zero-order valence-electron chi connectivity index (χ0n) is 19.3. The van der Waals surface area contributed by atoms with E-state index in [1.165, 1.54) is 0 Å². The number of aromatic nitrogens is 2. The molecule has 1 amide bonds. The van der Waals surface area contributed by atoms with Crippen molar-refractivity contribution in [2.75, 3.05) is 5.32 Å². The Bertz CT molecular complexity index is 1240. The topological polar surface area (TPSA) is 77.2 Å². The Morgan fingerprint density at radius 3 is 2.27 bits per heavy atom. The van der Waals surface area contributed by atoms with Gasteiger partial charge in [-0.2, -0.15) is 0 Å². The number of nitrogens with zero attached hydrogens (tertiary/aromatic N) is 2. The van der Waals surface area contributed by atoms with Gasteiger partial charge in [0, 0.05) is 11.3 Å².